The Labute approximate surface area is 193 Å². The van der Waals surface area contributed by atoms with Crippen molar-refractivity contribution in [2.45, 2.75) is 19.4 Å². The van der Waals surface area contributed by atoms with E-state index in [4.69, 9.17) is 30.4 Å². The minimum atomic E-state index is -0.807. The van der Waals surface area contributed by atoms with Gasteiger partial charge in [0.2, 0.25) is 0 Å². The fourth-order valence-corrected chi connectivity index (χ4v) is 2.84. The van der Waals surface area contributed by atoms with Gasteiger partial charge in [-0.3, -0.25) is 4.79 Å². The minimum Gasteiger partial charge on any atom is -0.489 e. The molecule has 3 N–H and O–H groups in total. The van der Waals surface area contributed by atoms with Crippen LogP contribution in [-0.2, 0) is 17.8 Å². The zero-order valence-corrected chi connectivity index (χ0v) is 18.3. The molecule has 0 unspecified atom stereocenters. The number of aliphatic carboxylic acids is 1. The first-order valence-corrected chi connectivity index (χ1v) is 10.2. The molecule has 0 fully saturated rings. The maximum absolute atomic E-state index is 10.6. The number of aryl methyl sites for hydroxylation is 1. The predicted molar refractivity (Wildman–Crippen MR) is 125 cm³/mol. The molecule has 170 valence electrons. The van der Waals surface area contributed by atoms with Crippen LogP contribution in [0, 0.1) is 16.7 Å². The van der Waals surface area contributed by atoms with Crippen molar-refractivity contribution in [2.24, 2.45) is 0 Å². The number of ether oxygens (including phenoxy) is 2. The molecule has 0 amide bonds. The van der Waals surface area contributed by atoms with E-state index in [1.165, 1.54) is 0 Å². The van der Waals surface area contributed by atoms with Crippen molar-refractivity contribution in [1.82, 2.24) is 0 Å². The van der Waals surface area contributed by atoms with Gasteiger partial charge >= 0.3 is 5.97 Å². The molecule has 0 atom stereocenters. The van der Waals surface area contributed by atoms with Gasteiger partial charge < -0.3 is 25.1 Å². The molecule has 0 saturated carbocycles. The summed E-state index contributed by atoms with van der Waals surface area (Å²) < 4.78 is 11.5. The molecular weight excluding hydrogens is 420 g/mol. The van der Waals surface area contributed by atoms with Crippen molar-refractivity contribution in [3.05, 3.63) is 95.1 Å². The quantitative estimate of drug-likeness (QED) is 0.401. The fourth-order valence-electron chi connectivity index (χ4n) is 2.84. The first kappa shape index (κ1) is 25.1. The summed E-state index contributed by atoms with van der Waals surface area (Å²) in [5.41, 5.74) is 3.55. The molecule has 33 heavy (non-hydrogen) atoms. The van der Waals surface area contributed by atoms with Crippen molar-refractivity contribution in [1.29, 1.82) is 10.7 Å². The molecule has 0 saturated heterocycles. The highest BCUT2D eigenvalue weighted by atomic mass is 16.5. The van der Waals surface area contributed by atoms with Crippen LogP contribution < -0.4 is 9.47 Å². The Hall–Kier alpha value is -4.15. The lowest BCUT2D eigenvalue weighted by Gasteiger charge is -2.10. The average molecular weight is 447 g/mol. The van der Waals surface area contributed by atoms with Gasteiger partial charge in [0.1, 0.15) is 24.7 Å². The van der Waals surface area contributed by atoms with Crippen molar-refractivity contribution < 1.29 is 24.5 Å². The number of carbonyl (C=O) groups is 1. The number of aliphatic hydroxyl groups is 1. The minimum absolute atomic E-state index is 0.113. The Balaban J connectivity index is 0.00000187. The number of carboxylic acid groups (broad SMARTS) is 1. The average Bonchev–Trinajstić information content (AvgIpc) is 2.87. The van der Waals surface area contributed by atoms with Gasteiger partial charge in [-0.2, -0.15) is 5.26 Å². The van der Waals surface area contributed by atoms with Crippen LogP contribution in [0.3, 0.4) is 0 Å². The Bertz CT molecular complexity index is 1070. The highest BCUT2D eigenvalue weighted by Crippen LogP contribution is 2.17. The zero-order chi connectivity index (χ0) is 24.1. The standard InChI is InChI=1S/C25H22N2O4.CH4O/c26-15-19-1-8-21(9-2-19)24(27)17-31-23-12-5-20(6-13-23)16-30-22-10-3-18(4-11-22)7-14-25(28)29;1-2/h1-6,8-13,27H,7,14,16-17H2,(H,28,29);2H,1H3. The van der Waals surface area contributed by atoms with Gasteiger partial charge in [0.25, 0.3) is 0 Å². The Morgan fingerprint density at radius 1 is 0.879 bits per heavy atom. The second-order valence-corrected chi connectivity index (χ2v) is 6.93. The van der Waals surface area contributed by atoms with E-state index in [1.807, 2.05) is 48.5 Å². The van der Waals surface area contributed by atoms with E-state index >= 15 is 0 Å². The zero-order valence-electron chi connectivity index (χ0n) is 18.3. The van der Waals surface area contributed by atoms with E-state index in [1.54, 1.807) is 24.3 Å². The Kier molecular flexibility index (Phi) is 10.1. The number of hydrogen-bond acceptors (Lipinski definition) is 6. The van der Waals surface area contributed by atoms with E-state index in [2.05, 4.69) is 6.07 Å². The second kappa shape index (κ2) is 13.3. The number of nitriles is 1. The number of hydrogen-bond donors (Lipinski definition) is 3. The molecule has 0 radical (unpaired) electrons. The van der Waals surface area contributed by atoms with Crippen LogP contribution in [0.2, 0.25) is 0 Å². The summed E-state index contributed by atoms with van der Waals surface area (Å²) in [4.78, 5) is 10.6. The first-order valence-electron chi connectivity index (χ1n) is 10.2. The van der Waals surface area contributed by atoms with E-state index in [9.17, 15) is 4.79 Å². The molecule has 0 aliphatic carbocycles. The van der Waals surface area contributed by atoms with Gasteiger partial charge in [0, 0.05) is 13.5 Å². The number of carboxylic acids is 1. The fraction of sp³-hybridized carbons (Fsp3) is 0.192. The highest BCUT2D eigenvalue weighted by molar-refractivity contribution is 5.99. The number of benzene rings is 3. The molecule has 3 aromatic carbocycles. The lowest BCUT2D eigenvalue weighted by atomic mass is 10.1. The first-order chi connectivity index (χ1) is 16.0. The van der Waals surface area contributed by atoms with Crippen LogP contribution in [0.15, 0.2) is 72.8 Å². The monoisotopic (exact) mass is 446 g/mol. The van der Waals surface area contributed by atoms with Crippen LogP contribution in [0.5, 0.6) is 11.5 Å². The smallest absolute Gasteiger partial charge is 0.303 e. The maximum atomic E-state index is 10.6. The molecule has 0 heterocycles. The summed E-state index contributed by atoms with van der Waals surface area (Å²) >= 11 is 0. The van der Waals surface area contributed by atoms with Gasteiger partial charge in [-0.05, 0) is 59.5 Å². The van der Waals surface area contributed by atoms with E-state index in [0.29, 0.717) is 30.1 Å². The SMILES string of the molecule is CO.N#Cc1ccc(C(=N)COc2ccc(COc3ccc(CCC(=O)O)cc3)cc2)cc1. The van der Waals surface area contributed by atoms with Crippen LogP contribution >= 0.6 is 0 Å². The van der Waals surface area contributed by atoms with Crippen molar-refractivity contribution in [3.8, 4) is 17.6 Å². The van der Waals surface area contributed by atoms with Gasteiger partial charge in [-0.25, -0.2) is 0 Å². The van der Waals surface area contributed by atoms with Gasteiger partial charge in [0.15, 0.2) is 0 Å². The number of rotatable bonds is 10. The largest absolute Gasteiger partial charge is 0.489 e. The van der Waals surface area contributed by atoms with Crippen LogP contribution in [0.1, 0.15) is 28.7 Å². The highest BCUT2D eigenvalue weighted by Gasteiger charge is 2.04. The third-order valence-corrected chi connectivity index (χ3v) is 4.63. The van der Waals surface area contributed by atoms with Crippen LogP contribution in [0.25, 0.3) is 0 Å². The van der Waals surface area contributed by atoms with E-state index in [-0.39, 0.29) is 13.0 Å². The maximum Gasteiger partial charge on any atom is 0.303 e. The van der Waals surface area contributed by atoms with Crippen molar-refractivity contribution in [2.75, 3.05) is 13.7 Å². The summed E-state index contributed by atoms with van der Waals surface area (Å²) in [6.07, 6.45) is 0.612. The number of nitrogens with zero attached hydrogens (tertiary/aromatic N) is 1. The summed E-state index contributed by atoms with van der Waals surface area (Å²) in [5.74, 6) is 0.569. The Morgan fingerprint density at radius 2 is 1.42 bits per heavy atom. The lowest BCUT2D eigenvalue weighted by molar-refractivity contribution is -0.136. The second-order valence-electron chi connectivity index (χ2n) is 6.93. The van der Waals surface area contributed by atoms with Crippen LogP contribution in [0.4, 0.5) is 0 Å². The molecular formula is C26H26N2O5. The Morgan fingerprint density at radius 3 is 1.97 bits per heavy atom. The number of nitrogens with one attached hydrogen (secondary N) is 1. The predicted octanol–water partition coefficient (Wildman–Crippen LogP) is 4.21. The molecule has 3 aromatic rings. The van der Waals surface area contributed by atoms with E-state index < -0.39 is 5.97 Å². The topological polar surface area (TPSA) is 124 Å². The van der Waals surface area contributed by atoms with Gasteiger partial charge in [0.05, 0.1) is 17.3 Å². The van der Waals surface area contributed by atoms with Gasteiger partial charge in [-0.15, -0.1) is 0 Å². The molecule has 7 heteroatoms. The molecule has 0 aliphatic heterocycles. The molecule has 7 nitrogen and oxygen atoms in total. The summed E-state index contributed by atoms with van der Waals surface area (Å²) in [6, 6.07) is 23.8. The summed E-state index contributed by atoms with van der Waals surface area (Å²) in [6.45, 7) is 0.534. The molecule has 0 bridgehead atoms. The normalized spacial score (nSPS) is 9.73. The molecule has 3 rings (SSSR count). The summed E-state index contributed by atoms with van der Waals surface area (Å²) in [7, 11) is 1.00. The lowest BCUT2D eigenvalue weighted by Crippen LogP contribution is -2.11. The third-order valence-electron chi connectivity index (χ3n) is 4.63. The molecule has 0 aliphatic rings. The molecule has 0 spiro atoms. The third kappa shape index (κ3) is 8.48. The van der Waals surface area contributed by atoms with Gasteiger partial charge in [-0.1, -0.05) is 36.4 Å². The van der Waals surface area contributed by atoms with Crippen LogP contribution in [-0.4, -0.2) is 35.6 Å². The van der Waals surface area contributed by atoms with Crippen molar-refractivity contribution >= 4 is 11.7 Å². The van der Waals surface area contributed by atoms with Crippen molar-refractivity contribution in [3.63, 3.8) is 0 Å². The number of aliphatic hydroxyl groups excluding tert-OH is 1. The summed E-state index contributed by atoms with van der Waals surface area (Å²) in [5, 5.41) is 32.7. The molecule has 0 aromatic heterocycles. The van der Waals surface area contributed by atoms with E-state index in [0.717, 1.165) is 29.5 Å².